The molecule has 0 aliphatic heterocycles. The zero-order valence-corrected chi connectivity index (χ0v) is 16.4. The van der Waals surface area contributed by atoms with Gasteiger partial charge in [-0.2, -0.15) is 4.31 Å². The van der Waals surface area contributed by atoms with Crippen LogP contribution in [-0.4, -0.2) is 44.9 Å². The SMILES string of the molecule is COC(=O)[C@@H](CCCCN)N(CC(C)C)S(=O)(=O)c1ccc(C)cc1. The number of aryl methyl sites for hydroxylation is 1. The van der Waals surface area contributed by atoms with Crippen molar-refractivity contribution in [3.05, 3.63) is 29.8 Å². The van der Waals surface area contributed by atoms with Gasteiger partial charge >= 0.3 is 5.97 Å². The largest absolute Gasteiger partial charge is 0.468 e. The molecular weight excluding hydrogens is 340 g/mol. The number of methoxy groups -OCH3 is 1. The van der Waals surface area contributed by atoms with Gasteiger partial charge in [0.2, 0.25) is 10.0 Å². The van der Waals surface area contributed by atoms with Gasteiger partial charge in [0.25, 0.3) is 0 Å². The highest BCUT2D eigenvalue weighted by Crippen LogP contribution is 2.23. The molecule has 0 saturated heterocycles. The summed E-state index contributed by atoms with van der Waals surface area (Å²) in [5.74, 6) is -0.463. The van der Waals surface area contributed by atoms with Crippen molar-refractivity contribution in [2.45, 2.75) is 51.0 Å². The third-order valence-corrected chi connectivity index (χ3v) is 5.81. The topological polar surface area (TPSA) is 89.7 Å². The smallest absolute Gasteiger partial charge is 0.324 e. The van der Waals surface area contributed by atoms with Crippen LogP contribution in [0.15, 0.2) is 29.2 Å². The Morgan fingerprint density at radius 3 is 2.28 bits per heavy atom. The number of nitrogens with zero attached hydrogens (tertiary/aromatic N) is 1. The Bertz CT molecular complexity index is 642. The number of carbonyl (C=O) groups is 1. The molecule has 142 valence electrons. The molecule has 0 bridgehead atoms. The average molecular weight is 371 g/mol. The van der Waals surface area contributed by atoms with Gasteiger partial charge in [0.1, 0.15) is 6.04 Å². The summed E-state index contributed by atoms with van der Waals surface area (Å²) in [6, 6.07) is 5.81. The standard InChI is InChI=1S/C18H30N2O4S/c1-14(2)13-20(17(18(21)24-4)7-5-6-12-19)25(22,23)16-10-8-15(3)9-11-16/h8-11,14,17H,5-7,12-13,19H2,1-4H3/t17-/m1/s1. The average Bonchev–Trinajstić information content (AvgIpc) is 2.56. The molecule has 25 heavy (non-hydrogen) atoms. The maximum Gasteiger partial charge on any atom is 0.324 e. The summed E-state index contributed by atoms with van der Waals surface area (Å²) in [7, 11) is -2.52. The van der Waals surface area contributed by atoms with Crippen LogP contribution >= 0.6 is 0 Å². The van der Waals surface area contributed by atoms with Gasteiger partial charge < -0.3 is 10.5 Å². The number of unbranched alkanes of at least 4 members (excludes halogenated alkanes) is 1. The van der Waals surface area contributed by atoms with Crippen molar-refractivity contribution in [2.24, 2.45) is 11.7 Å². The number of hydrogen-bond donors (Lipinski definition) is 1. The van der Waals surface area contributed by atoms with Gasteiger partial charge in [0.05, 0.1) is 12.0 Å². The van der Waals surface area contributed by atoms with Crippen LogP contribution in [0.4, 0.5) is 0 Å². The van der Waals surface area contributed by atoms with E-state index in [4.69, 9.17) is 10.5 Å². The third-order valence-electron chi connectivity index (χ3n) is 3.93. The van der Waals surface area contributed by atoms with Crippen LogP contribution < -0.4 is 5.73 Å². The van der Waals surface area contributed by atoms with Crippen molar-refractivity contribution in [2.75, 3.05) is 20.2 Å². The highest BCUT2D eigenvalue weighted by Gasteiger charge is 2.36. The number of sulfonamides is 1. The van der Waals surface area contributed by atoms with Crippen molar-refractivity contribution in [3.63, 3.8) is 0 Å². The first-order valence-corrected chi connectivity index (χ1v) is 10.0. The Kier molecular flexibility index (Phi) is 8.55. The Balaban J connectivity index is 3.26. The first kappa shape index (κ1) is 21.6. The van der Waals surface area contributed by atoms with E-state index in [-0.39, 0.29) is 17.4 Å². The minimum atomic E-state index is -3.80. The normalized spacial score (nSPS) is 13.2. The predicted molar refractivity (Wildman–Crippen MR) is 98.6 cm³/mol. The zero-order valence-electron chi connectivity index (χ0n) is 15.6. The van der Waals surface area contributed by atoms with Crippen LogP contribution in [0, 0.1) is 12.8 Å². The van der Waals surface area contributed by atoms with Crippen molar-refractivity contribution in [1.29, 1.82) is 0 Å². The van der Waals surface area contributed by atoms with Crippen LogP contribution in [-0.2, 0) is 19.6 Å². The summed E-state index contributed by atoms with van der Waals surface area (Å²) in [4.78, 5) is 12.5. The first-order chi connectivity index (χ1) is 11.7. The predicted octanol–water partition coefficient (Wildman–Crippen LogP) is 2.31. The van der Waals surface area contributed by atoms with Gasteiger partial charge in [-0.3, -0.25) is 4.79 Å². The molecule has 0 spiro atoms. The molecule has 0 aliphatic carbocycles. The summed E-state index contributed by atoms with van der Waals surface area (Å²) >= 11 is 0. The lowest BCUT2D eigenvalue weighted by Crippen LogP contribution is -2.47. The van der Waals surface area contributed by atoms with Crippen LogP contribution in [0.25, 0.3) is 0 Å². The minimum absolute atomic E-state index is 0.0712. The second kappa shape index (κ2) is 9.89. The lowest BCUT2D eigenvalue weighted by Gasteiger charge is -2.30. The molecule has 1 rings (SSSR count). The molecule has 6 nitrogen and oxygen atoms in total. The molecule has 0 amide bonds. The van der Waals surface area contributed by atoms with Gasteiger partial charge in [0, 0.05) is 6.54 Å². The van der Waals surface area contributed by atoms with Crippen LogP contribution in [0.3, 0.4) is 0 Å². The molecule has 0 radical (unpaired) electrons. The lowest BCUT2D eigenvalue weighted by atomic mass is 10.1. The first-order valence-electron chi connectivity index (χ1n) is 8.60. The van der Waals surface area contributed by atoms with E-state index in [0.29, 0.717) is 19.4 Å². The number of benzene rings is 1. The molecular formula is C18H30N2O4S. The highest BCUT2D eigenvalue weighted by atomic mass is 32.2. The van der Waals surface area contributed by atoms with E-state index in [9.17, 15) is 13.2 Å². The Labute approximate surface area is 151 Å². The zero-order chi connectivity index (χ0) is 19.0. The number of esters is 1. The number of hydrogen-bond acceptors (Lipinski definition) is 5. The minimum Gasteiger partial charge on any atom is -0.468 e. The Hall–Kier alpha value is -1.44. The molecule has 1 atom stereocenters. The van der Waals surface area contributed by atoms with Crippen LogP contribution in [0.1, 0.15) is 38.7 Å². The van der Waals surface area contributed by atoms with E-state index in [0.717, 1.165) is 12.0 Å². The number of carbonyl (C=O) groups excluding carboxylic acids is 1. The van der Waals surface area contributed by atoms with E-state index >= 15 is 0 Å². The van der Waals surface area contributed by atoms with E-state index in [1.54, 1.807) is 24.3 Å². The second-order valence-corrected chi connectivity index (χ2v) is 8.50. The fraction of sp³-hybridized carbons (Fsp3) is 0.611. The third kappa shape index (κ3) is 6.09. The van der Waals surface area contributed by atoms with Gasteiger partial charge in [-0.1, -0.05) is 31.5 Å². The quantitative estimate of drug-likeness (QED) is 0.504. The maximum absolute atomic E-state index is 13.2. The number of ether oxygens (including phenoxy) is 1. The fourth-order valence-electron chi connectivity index (χ4n) is 2.60. The molecule has 0 heterocycles. The summed E-state index contributed by atoms with van der Waals surface area (Å²) < 4.78 is 32.5. The molecule has 1 aromatic carbocycles. The summed E-state index contributed by atoms with van der Waals surface area (Å²) in [5.41, 5.74) is 6.50. The van der Waals surface area contributed by atoms with Gasteiger partial charge in [-0.15, -0.1) is 0 Å². The van der Waals surface area contributed by atoms with E-state index < -0.39 is 22.0 Å². The summed E-state index contributed by atoms with van der Waals surface area (Å²) in [6.45, 7) is 6.49. The van der Waals surface area contributed by atoms with Gasteiger partial charge in [-0.05, 0) is 50.8 Å². The summed E-state index contributed by atoms with van der Waals surface area (Å²) in [5, 5.41) is 0. The molecule has 0 unspecified atom stereocenters. The lowest BCUT2D eigenvalue weighted by molar-refractivity contribution is -0.145. The van der Waals surface area contributed by atoms with Crippen molar-refractivity contribution >= 4 is 16.0 Å². The summed E-state index contributed by atoms with van der Waals surface area (Å²) in [6.07, 6.45) is 1.78. The van der Waals surface area contributed by atoms with Crippen LogP contribution in [0.2, 0.25) is 0 Å². The number of rotatable bonds is 10. The molecule has 1 aromatic rings. The van der Waals surface area contributed by atoms with E-state index in [2.05, 4.69) is 0 Å². The van der Waals surface area contributed by atoms with Crippen molar-refractivity contribution in [3.8, 4) is 0 Å². The molecule has 0 saturated carbocycles. The highest BCUT2D eigenvalue weighted by molar-refractivity contribution is 7.89. The van der Waals surface area contributed by atoms with Crippen molar-refractivity contribution in [1.82, 2.24) is 4.31 Å². The molecule has 0 aromatic heterocycles. The van der Waals surface area contributed by atoms with Crippen LogP contribution in [0.5, 0.6) is 0 Å². The Morgan fingerprint density at radius 2 is 1.80 bits per heavy atom. The molecule has 0 aliphatic rings. The molecule has 7 heteroatoms. The number of nitrogens with two attached hydrogens (primary N) is 1. The maximum atomic E-state index is 13.2. The Morgan fingerprint density at radius 1 is 1.20 bits per heavy atom. The van der Waals surface area contributed by atoms with E-state index in [1.165, 1.54) is 11.4 Å². The van der Waals surface area contributed by atoms with Gasteiger partial charge in [0.15, 0.2) is 0 Å². The molecule has 0 fully saturated rings. The fourth-order valence-corrected chi connectivity index (χ4v) is 4.37. The molecule has 2 N–H and O–H groups in total. The second-order valence-electron chi connectivity index (χ2n) is 6.61. The monoisotopic (exact) mass is 370 g/mol. The van der Waals surface area contributed by atoms with Gasteiger partial charge in [-0.25, -0.2) is 8.42 Å². The van der Waals surface area contributed by atoms with E-state index in [1.807, 2.05) is 20.8 Å². The van der Waals surface area contributed by atoms with Crippen molar-refractivity contribution < 1.29 is 17.9 Å².